The van der Waals surface area contributed by atoms with Gasteiger partial charge in [-0.2, -0.15) is 32.5 Å². The van der Waals surface area contributed by atoms with Crippen molar-refractivity contribution in [1.29, 1.82) is 10.5 Å². The molecule has 0 atom stereocenters. The lowest BCUT2D eigenvalue weighted by molar-refractivity contribution is 0.427. The maximum Gasteiger partial charge on any atom is 0.103 e. The molecule has 0 bridgehead atoms. The van der Waals surface area contributed by atoms with Gasteiger partial charge in [0.15, 0.2) is 0 Å². The number of benzene rings is 1. The first-order valence-electron chi connectivity index (χ1n) is 9.97. The summed E-state index contributed by atoms with van der Waals surface area (Å²) >= 11 is 3.49. The van der Waals surface area contributed by atoms with E-state index in [1.54, 1.807) is 16.8 Å². The highest BCUT2D eigenvalue weighted by atomic mass is 32.2. The summed E-state index contributed by atoms with van der Waals surface area (Å²) in [5, 5.41) is 28.1. The molecule has 1 saturated heterocycles. The number of fused-ring (bicyclic) bond motifs is 1. The summed E-state index contributed by atoms with van der Waals surface area (Å²) in [5.41, 5.74) is 3.87. The molecule has 0 unspecified atom stereocenters. The molecular formula is C23H18N6S2. The standard InChI is InChI=1S/C23H18N6S2/c24-10-16-3-1-2-4-21(16)31-22-9-17(14-29-23(22)18(11-25)12-27-29)19-13-26-28(15-19)20-5-7-30-8-6-20/h1-4,9,12-15,20H,5-8H2. The Kier molecular flexibility index (Phi) is 5.42. The molecule has 1 aromatic carbocycles. The first-order valence-corrected chi connectivity index (χ1v) is 11.9. The van der Waals surface area contributed by atoms with Crippen molar-refractivity contribution in [3.05, 3.63) is 66.2 Å². The van der Waals surface area contributed by atoms with E-state index < -0.39 is 0 Å². The second kappa shape index (κ2) is 8.50. The van der Waals surface area contributed by atoms with Crippen molar-refractivity contribution >= 4 is 29.0 Å². The van der Waals surface area contributed by atoms with Crippen molar-refractivity contribution in [1.82, 2.24) is 19.4 Å². The molecule has 0 amide bonds. The molecule has 152 valence electrons. The van der Waals surface area contributed by atoms with Crippen LogP contribution < -0.4 is 0 Å². The maximum atomic E-state index is 9.57. The van der Waals surface area contributed by atoms with E-state index in [1.165, 1.54) is 23.3 Å². The van der Waals surface area contributed by atoms with E-state index in [1.807, 2.05) is 42.4 Å². The summed E-state index contributed by atoms with van der Waals surface area (Å²) in [6, 6.07) is 14.5. The molecule has 6 nitrogen and oxygen atoms in total. The lowest BCUT2D eigenvalue weighted by Gasteiger charge is -2.21. The molecule has 0 aliphatic carbocycles. The third-order valence-corrected chi connectivity index (χ3v) is 7.58. The van der Waals surface area contributed by atoms with Gasteiger partial charge >= 0.3 is 0 Å². The van der Waals surface area contributed by atoms with Gasteiger partial charge in [-0.05, 0) is 42.5 Å². The van der Waals surface area contributed by atoms with E-state index in [9.17, 15) is 10.5 Å². The average molecular weight is 443 g/mol. The van der Waals surface area contributed by atoms with Gasteiger partial charge in [0.1, 0.15) is 12.1 Å². The van der Waals surface area contributed by atoms with Crippen LogP contribution in [0.3, 0.4) is 0 Å². The number of thioether (sulfide) groups is 1. The van der Waals surface area contributed by atoms with Crippen LogP contribution >= 0.6 is 23.5 Å². The van der Waals surface area contributed by atoms with Crippen LogP contribution in [-0.2, 0) is 0 Å². The smallest absolute Gasteiger partial charge is 0.103 e. The Labute approximate surface area is 188 Å². The summed E-state index contributed by atoms with van der Waals surface area (Å²) in [4.78, 5) is 1.74. The Bertz CT molecular complexity index is 1330. The molecule has 0 saturated carbocycles. The molecular weight excluding hydrogens is 424 g/mol. The maximum absolute atomic E-state index is 9.57. The van der Waals surface area contributed by atoms with Gasteiger partial charge in [0.25, 0.3) is 0 Å². The van der Waals surface area contributed by atoms with Crippen molar-refractivity contribution in [3.63, 3.8) is 0 Å². The number of rotatable bonds is 4. The van der Waals surface area contributed by atoms with Crippen molar-refractivity contribution in [2.75, 3.05) is 11.5 Å². The summed E-state index contributed by atoms with van der Waals surface area (Å²) < 4.78 is 3.83. The minimum atomic E-state index is 0.449. The quantitative estimate of drug-likeness (QED) is 0.434. The van der Waals surface area contributed by atoms with Crippen LogP contribution in [0.1, 0.15) is 30.0 Å². The van der Waals surface area contributed by atoms with Gasteiger partial charge in [-0.25, -0.2) is 4.52 Å². The molecule has 4 heterocycles. The number of aromatic nitrogens is 4. The van der Waals surface area contributed by atoms with Crippen LogP contribution in [0.2, 0.25) is 0 Å². The topological polar surface area (TPSA) is 82.7 Å². The van der Waals surface area contributed by atoms with Crippen LogP contribution in [0.25, 0.3) is 16.6 Å². The van der Waals surface area contributed by atoms with Gasteiger partial charge in [0.2, 0.25) is 0 Å². The molecule has 4 aromatic rings. The zero-order chi connectivity index (χ0) is 21.2. The minimum Gasteiger partial charge on any atom is -0.269 e. The van der Waals surface area contributed by atoms with Gasteiger partial charge in [0.05, 0.1) is 35.1 Å². The summed E-state index contributed by atoms with van der Waals surface area (Å²) in [7, 11) is 0. The zero-order valence-corrected chi connectivity index (χ0v) is 18.2. The van der Waals surface area contributed by atoms with E-state index in [-0.39, 0.29) is 0 Å². The van der Waals surface area contributed by atoms with E-state index >= 15 is 0 Å². The monoisotopic (exact) mass is 442 g/mol. The number of hydrogen-bond donors (Lipinski definition) is 0. The Morgan fingerprint density at radius 1 is 0.935 bits per heavy atom. The van der Waals surface area contributed by atoms with Crippen molar-refractivity contribution < 1.29 is 0 Å². The average Bonchev–Trinajstić information content (AvgIpc) is 3.47. The molecule has 1 aliphatic rings. The van der Waals surface area contributed by atoms with E-state index in [0.717, 1.165) is 39.3 Å². The first-order chi connectivity index (χ1) is 15.3. The van der Waals surface area contributed by atoms with E-state index in [0.29, 0.717) is 17.2 Å². The number of nitrogens with zero attached hydrogens (tertiary/aromatic N) is 6. The fourth-order valence-corrected chi connectivity index (χ4v) is 5.98. The van der Waals surface area contributed by atoms with Crippen molar-refractivity contribution in [3.8, 4) is 23.3 Å². The third kappa shape index (κ3) is 3.81. The number of hydrogen-bond acceptors (Lipinski definition) is 6. The molecule has 31 heavy (non-hydrogen) atoms. The van der Waals surface area contributed by atoms with Crippen LogP contribution in [0.4, 0.5) is 0 Å². The second-order valence-electron chi connectivity index (χ2n) is 7.32. The van der Waals surface area contributed by atoms with Gasteiger partial charge in [-0.3, -0.25) is 4.68 Å². The molecule has 0 spiro atoms. The molecule has 0 radical (unpaired) electrons. The van der Waals surface area contributed by atoms with Crippen LogP contribution in [-0.4, -0.2) is 30.9 Å². The third-order valence-electron chi connectivity index (χ3n) is 5.42. The van der Waals surface area contributed by atoms with Gasteiger partial charge in [0, 0.05) is 33.3 Å². The summed E-state index contributed by atoms with van der Waals surface area (Å²) in [5.74, 6) is 2.35. The van der Waals surface area contributed by atoms with Gasteiger partial charge in [-0.15, -0.1) is 0 Å². The molecule has 1 aliphatic heterocycles. The van der Waals surface area contributed by atoms with Crippen LogP contribution in [0, 0.1) is 22.7 Å². The largest absolute Gasteiger partial charge is 0.269 e. The number of nitriles is 2. The molecule has 8 heteroatoms. The van der Waals surface area contributed by atoms with Crippen LogP contribution in [0.5, 0.6) is 0 Å². The highest BCUT2D eigenvalue weighted by Gasteiger charge is 2.18. The lowest BCUT2D eigenvalue weighted by atomic mass is 10.1. The number of pyridine rings is 1. The van der Waals surface area contributed by atoms with E-state index in [4.69, 9.17) is 0 Å². The summed E-state index contributed by atoms with van der Waals surface area (Å²) in [6.45, 7) is 0. The highest BCUT2D eigenvalue weighted by molar-refractivity contribution is 7.99. The molecule has 5 rings (SSSR count). The Morgan fingerprint density at radius 2 is 1.74 bits per heavy atom. The molecule has 3 aromatic heterocycles. The van der Waals surface area contributed by atoms with E-state index in [2.05, 4.69) is 39.3 Å². The lowest BCUT2D eigenvalue weighted by Crippen LogP contribution is -2.15. The Balaban J connectivity index is 1.59. The SMILES string of the molecule is N#Cc1ccccc1Sc1cc(-c2cnn(C3CCSCC3)c2)cn2ncc(C#N)c12. The second-order valence-corrected chi connectivity index (χ2v) is 9.63. The predicted molar refractivity (Wildman–Crippen MR) is 122 cm³/mol. The highest BCUT2D eigenvalue weighted by Crippen LogP contribution is 2.37. The normalized spacial score (nSPS) is 14.4. The molecule has 0 N–H and O–H groups in total. The summed E-state index contributed by atoms with van der Waals surface area (Å²) in [6.07, 6.45) is 9.81. The predicted octanol–water partition coefficient (Wildman–Crippen LogP) is 5.16. The fraction of sp³-hybridized carbons (Fsp3) is 0.217. The minimum absolute atomic E-state index is 0.449. The van der Waals surface area contributed by atoms with Crippen molar-refractivity contribution in [2.45, 2.75) is 28.7 Å². The Morgan fingerprint density at radius 3 is 2.55 bits per heavy atom. The first kappa shape index (κ1) is 19.7. The van der Waals surface area contributed by atoms with Gasteiger partial charge in [-0.1, -0.05) is 23.9 Å². The van der Waals surface area contributed by atoms with Crippen molar-refractivity contribution in [2.24, 2.45) is 0 Å². The van der Waals surface area contributed by atoms with Crippen LogP contribution in [0.15, 0.2) is 64.9 Å². The van der Waals surface area contributed by atoms with Gasteiger partial charge < -0.3 is 0 Å². The fourth-order valence-electron chi connectivity index (χ4n) is 3.80. The Hall–Kier alpha value is -3.20. The molecule has 1 fully saturated rings. The zero-order valence-electron chi connectivity index (χ0n) is 16.6.